The van der Waals surface area contributed by atoms with E-state index >= 15 is 0 Å². The molecule has 0 aliphatic rings. The fraction of sp³-hybridized carbons (Fsp3) is 0.267. The fourth-order valence-electron chi connectivity index (χ4n) is 1.84. The Hall–Kier alpha value is -2.19. The number of nitrogens with one attached hydrogen (secondary N) is 1. The Morgan fingerprint density at radius 1 is 1.40 bits per heavy atom. The van der Waals surface area contributed by atoms with E-state index in [1.54, 1.807) is 17.5 Å². The van der Waals surface area contributed by atoms with Crippen molar-refractivity contribution in [2.45, 2.75) is 12.8 Å². The molecule has 1 amide bonds. The molecule has 0 spiro atoms. The molecule has 1 heterocycles. The Balaban J connectivity index is 1.82. The molecule has 4 nitrogen and oxygen atoms in total. The van der Waals surface area contributed by atoms with Crippen molar-refractivity contribution in [2.75, 3.05) is 6.54 Å². The number of hydrogen-bond donors (Lipinski definition) is 1. The van der Waals surface area contributed by atoms with E-state index in [1.165, 1.54) is 0 Å². The highest BCUT2D eigenvalue weighted by atomic mass is 32.1. The van der Waals surface area contributed by atoms with Crippen molar-refractivity contribution in [1.29, 1.82) is 5.26 Å². The number of carbonyl (C=O) groups is 1. The van der Waals surface area contributed by atoms with Gasteiger partial charge in [0, 0.05) is 24.5 Å². The van der Waals surface area contributed by atoms with Gasteiger partial charge in [-0.05, 0) is 12.0 Å². The van der Waals surface area contributed by atoms with E-state index in [0.717, 1.165) is 10.6 Å². The largest absolute Gasteiger partial charge is 0.355 e. The first kappa shape index (κ1) is 14.2. The molecule has 5 heteroatoms. The molecule has 1 N–H and O–H groups in total. The average molecular weight is 285 g/mol. The topological polar surface area (TPSA) is 65.8 Å². The molecule has 0 radical (unpaired) electrons. The van der Waals surface area contributed by atoms with Crippen molar-refractivity contribution in [1.82, 2.24) is 10.3 Å². The summed E-state index contributed by atoms with van der Waals surface area (Å²) in [7, 11) is 0. The zero-order valence-electron chi connectivity index (χ0n) is 11.0. The summed E-state index contributed by atoms with van der Waals surface area (Å²) < 4.78 is 0. The molecular formula is C15H15N3OS. The third-order valence-corrected chi connectivity index (χ3v) is 3.72. The fourth-order valence-corrected chi connectivity index (χ4v) is 2.46. The summed E-state index contributed by atoms with van der Waals surface area (Å²) in [6.07, 6.45) is 2.89. The zero-order valence-corrected chi connectivity index (χ0v) is 11.8. The number of nitrogens with zero attached hydrogens (tertiary/aromatic N) is 2. The Morgan fingerprint density at radius 3 is 2.85 bits per heavy atom. The lowest BCUT2D eigenvalue weighted by Gasteiger charge is -2.09. The van der Waals surface area contributed by atoms with Crippen LogP contribution in [0.15, 0.2) is 41.9 Å². The lowest BCUT2D eigenvalue weighted by atomic mass is 10.00. The lowest BCUT2D eigenvalue weighted by Crippen LogP contribution is -2.32. The predicted octanol–water partition coefficient (Wildman–Crippen LogP) is 2.18. The van der Waals surface area contributed by atoms with Crippen LogP contribution < -0.4 is 5.32 Å². The maximum atomic E-state index is 12.0. The maximum Gasteiger partial charge on any atom is 0.237 e. The van der Waals surface area contributed by atoms with Crippen molar-refractivity contribution in [3.05, 3.63) is 52.5 Å². The molecule has 2 aromatic rings. The van der Waals surface area contributed by atoms with E-state index in [1.807, 2.05) is 35.7 Å². The van der Waals surface area contributed by atoms with Crippen LogP contribution in [0.2, 0.25) is 0 Å². The van der Waals surface area contributed by atoms with Crippen molar-refractivity contribution in [3.63, 3.8) is 0 Å². The average Bonchev–Trinajstić information content (AvgIpc) is 2.99. The number of benzene rings is 1. The molecule has 0 bridgehead atoms. The van der Waals surface area contributed by atoms with Gasteiger partial charge < -0.3 is 5.32 Å². The number of rotatable bonds is 6. The van der Waals surface area contributed by atoms with Crippen LogP contribution >= 0.6 is 11.3 Å². The van der Waals surface area contributed by atoms with Crippen LogP contribution in [0.3, 0.4) is 0 Å². The third-order valence-electron chi connectivity index (χ3n) is 2.88. The van der Waals surface area contributed by atoms with Gasteiger partial charge in [-0.1, -0.05) is 30.3 Å². The van der Waals surface area contributed by atoms with Crippen LogP contribution in [-0.2, 0) is 17.6 Å². The number of amides is 1. The van der Waals surface area contributed by atoms with Gasteiger partial charge >= 0.3 is 0 Å². The molecule has 1 atom stereocenters. The summed E-state index contributed by atoms with van der Waals surface area (Å²) in [4.78, 5) is 16.1. The predicted molar refractivity (Wildman–Crippen MR) is 78.1 cm³/mol. The van der Waals surface area contributed by atoms with E-state index in [0.29, 0.717) is 19.4 Å². The first-order valence-corrected chi connectivity index (χ1v) is 7.27. The van der Waals surface area contributed by atoms with Crippen molar-refractivity contribution < 1.29 is 4.79 Å². The van der Waals surface area contributed by atoms with Gasteiger partial charge in [-0.25, -0.2) is 4.98 Å². The highest BCUT2D eigenvalue weighted by molar-refractivity contribution is 7.09. The summed E-state index contributed by atoms with van der Waals surface area (Å²) in [6, 6.07) is 11.6. The summed E-state index contributed by atoms with van der Waals surface area (Å²) in [5.74, 6) is -0.860. The first-order valence-electron chi connectivity index (χ1n) is 6.39. The Bertz CT molecular complexity index is 575. The van der Waals surface area contributed by atoms with Gasteiger partial charge in [0.25, 0.3) is 0 Å². The third kappa shape index (κ3) is 4.18. The van der Waals surface area contributed by atoms with E-state index in [4.69, 9.17) is 5.26 Å². The standard InChI is InChI=1S/C15H15N3OS/c16-11-13(10-12-4-2-1-3-5-12)15(19)18-7-6-14-17-8-9-20-14/h1-5,8-9,13H,6-7,10H2,(H,18,19). The quantitative estimate of drug-likeness (QED) is 0.884. The Morgan fingerprint density at radius 2 is 2.20 bits per heavy atom. The molecule has 0 aliphatic carbocycles. The number of thiazole rings is 1. The van der Waals surface area contributed by atoms with Gasteiger partial charge in [-0.2, -0.15) is 5.26 Å². The van der Waals surface area contributed by atoms with E-state index in [-0.39, 0.29) is 5.91 Å². The molecule has 0 aliphatic heterocycles. The summed E-state index contributed by atoms with van der Waals surface area (Å²) in [5, 5.41) is 14.8. The van der Waals surface area contributed by atoms with Gasteiger partial charge in [-0.3, -0.25) is 4.79 Å². The molecule has 0 saturated heterocycles. The first-order chi connectivity index (χ1) is 9.79. The normalized spacial score (nSPS) is 11.6. The highest BCUT2D eigenvalue weighted by Gasteiger charge is 2.17. The van der Waals surface area contributed by atoms with E-state index in [9.17, 15) is 4.79 Å². The highest BCUT2D eigenvalue weighted by Crippen LogP contribution is 2.08. The van der Waals surface area contributed by atoms with Crippen LogP contribution in [0, 0.1) is 17.2 Å². The summed E-state index contributed by atoms with van der Waals surface area (Å²) in [5.41, 5.74) is 0.995. The summed E-state index contributed by atoms with van der Waals surface area (Å²) >= 11 is 1.56. The number of hydrogen-bond acceptors (Lipinski definition) is 4. The summed E-state index contributed by atoms with van der Waals surface area (Å²) in [6.45, 7) is 0.513. The molecule has 1 aromatic heterocycles. The van der Waals surface area contributed by atoms with Crippen molar-refractivity contribution >= 4 is 17.2 Å². The van der Waals surface area contributed by atoms with Crippen LogP contribution in [0.1, 0.15) is 10.6 Å². The smallest absolute Gasteiger partial charge is 0.237 e. The van der Waals surface area contributed by atoms with Crippen LogP contribution in [0.25, 0.3) is 0 Å². The molecular weight excluding hydrogens is 270 g/mol. The van der Waals surface area contributed by atoms with Crippen molar-refractivity contribution in [2.24, 2.45) is 5.92 Å². The molecule has 102 valence electrons. The number of carbonyl (C=O) groups excluding carboxylic acids is 1. The van der Waals surface area contributed by atoms with Gasteiger partial charge in [-0.15, -0.1) is 11.3 Å². The van der Waals surface area contributed by atoms with Crippen LogP contribution in [0.5, 0.6) is 0 Å². The maximum absolute atomic E-state index is 12.0. The van der Waals surface area contributed by atoms with Crippen LogP contribution in [-0.4, -0.2) is 17.4 Å². The van der Waals surface area contributed by atoms with Crippen LogP contribution in [0.4, 0.5) is 0 Å². The lowest BCUT2D eigenvalue weighted by molar-refractivity contribution is -0.123. The van der Waals surface area contributed by atoms with Gasteiger partial charge in [0.2, 0.25) is 5.91 Å². The molecule has 20 heavy (non-hydrogen) atoms. The second kappa shape index (κ2) is 7.41. The Labute approximate surface area is 122 Å². The monoisotopic (exact) mass is 285 g/mol. The minimum Gasteiger partial charge on any atom is -0.355 e. The van der Waals surface area contributed by atoms with E-state index in [2.05, 4.69) is 16.4 Å². The second-order valence-corrected chi connectivity index (χ2v) is 5.32. The number of aromatic nitrogens is 1. The molecule has 1 unspecified atom stereocenters. The van der Waals surface area contributed by atoms with Gasteiger partial charge in [0.15, 0.2) is 0 Å². The molecule has 0 saturated carbocycles. The minimum atomic E-state index is -0.645. The Kier molecular flexibility index (Phi) is 5.27. The van der Waals surface area contributed by atoms with Crippen molar-refractivity contribution in [3.8, 4) is 6.07 Å². The van der Waals surface area contributed by atoms with E-state index < -0.39 is 5.92 Å². The molecule has 2 rings (SSSR count). The van der Waals surface area contributed by atoms with Gasteiger partial charge in [0.05, 0.1) is 11.1 Å². The second-order valence-electron chi connectivity index (χ2n) is 4.34. The SMILES string of the molecule is N#CC(Cc1ccccc1)C(=O)NCCc1nccs1. The minimum absolute atomic E-state index is 0.215. The van der Waals surface area contributed by atoms with Gasteiger partial charge in [0.1, 0.15) is 5.92 Å². The zero-order chi connectivity index (χ0) is 14.2. The molecule has 1 aromatic carbocycles. The molecule has 0 fully saturated rings. The number of nitriles is 1.